The average molecular weight is 298 g/mol. The lowest BCUT2D eigenvalue weighted by molar-refractivity contribution is 0.580. The summed E-state index contributed by atoms with van der Waals surface area (Å²) in [5, 5.41) is 7.00. The lowest BCUT2D eigenvalue weighted by atomic mass is 10.1. The van der Waals surface area contributed by atoms with Crippen LogP contribution in [0.5, 0.6) is 0 Å². The van der Waals surface area contributed by atoms with Gasteiger partial charge in [-0.3, -0.25) is 0 Å². The van der Waals surface area contributed by atoms with Gasteiger partial charge < -0.3 is 15.2 Å². The summed E-state index contributed by atoms with van der Waals surface area (Å²) in [4.78, 5) is 0. The molecule has 1 rings (SSSR count). The number of hydrogen-bond donors (Lipinski definition) is 2. The van der Waals surface area contributed by atoms with Gasteiger partial charge in [0, 0.05) is 19.3 Å². The van der Waals surface area contributed by atoms with E-state index in [0.29, 0.717) is 5.11 Å². The van der Waals surface area contributed by atoms with E-state index in [9.17, 15) is 4.57 Å². The highest BCUT2D eigenvalue weighted by atomic mass is 32.1. The van der Waals surface area contributed by atoms with E-state index >= 15 is 0 Å². The number of hydrogen-bond acceptors (Lipinski definition) is 2. The monoisotopic (exact) mass is 298 g/mol. The molecule has 19 heavy (non-hydrogen) atoms. The van der Waals surface area contributed by atoms with Crippen LogP contribution in [0.25, 0.3) is 0 Å². The molecule has 0 aliphatic rings. The standard InChI is InChI=1S/C14H23N2OPS/c1-18(2,17)12-6-10-15-14(19)16-11-9-13-7-4-3-5-8-13/h3-5,7-8H,6,9-12H2,1-2H3,(H2,15,16,19). The Kier molecular flexibility index (Phi) is 7.11. The first-order valence-electron chi connectivity index (χ1n) is 6.57. The molecule has 0 unspecified atom stereocenters. The molecule has 5 heteroatoms. The number of nitrogens with one attached hydrogen (secondary N) is 2. The SMILES string of the molecule is CP(C)(=O)CCCNC(=S)NCCc1ccccc1. The first kappa shape index (κ1) is 16.2. The van der Waals surface area contributed by atoms with Gasteiger partial charge in [-0.1, -0.05) is 30.3 Å². The average Bonchev–Trinajstić information content (AvgIpc) is 2.35. The van der Waals surface area contributed by atoms with E-state index in [-0.39, 0.29) is 0 Å². The van der Waals surface area contributed by atoms with E-state index < -0.39 is 7.14 Å². The Morgan fingerprint density at radius 3 is 2.42 bits per heavy atom. The van der Waals surface area contributed by atoms with Gasteiger partial charge in [-0.2, -0.15) is 0 Å². The van der Waals surface area contributed by atoms with E-state index in [1.54, 1.807) is 0 Å². The maximum atomic E-state index is 11.5. The lowest BCUT2D eigenvalue weighted by Crippen LogP contribution is -2.37. The van der Waals surface area contributed by atoms with E-state index in [2.05, 4.69) is 22.8 Å². The van der Waals surface area contributed by atoms with Crippen molar-refractivity contribution in [3.63, 3.8) is 0 Å². The minimum Gasteiger partial charge on any atom is -0.363 e. The molecule has 3 nitrogen and oxygen atoms in total. The minimum atomic E-state index is -1.89. The first-order valence-corrected chi connectivity index (χ1v) is 9.76. The van der Waals surface area contributed by atoms with Gasteiger partial charge in [0.15, 0.2) is 5.11 Å². The molecule has 2 N–H and O–H groups in total. The quantitative estimate of drug-likeness (QED) is 0.461. The fraction of sp³-hybridized carbons (Fsp3) is 0.500. The molecular formula is C14H23N2OPS. The van der Waals surface area contributed by atoms with Crippen molar-refractivity contribution in [3.8, 4) is 0 Å². The fourth-order valence-corrected chi connectivity index (χ4v) is 2.81. The minimum absolute atomic E-state index is 0.679. The highest BCUT2D eigenvalue weighted by Crippen LogP contribution is 2.35. The van der Waals surface area contributed by atoms with Crippen LogP contribution in [0.15, 0.2) is 30.3 Å². The molecule has 0 saturated carbocycles. The molecule has 0 fully saturated rings. The fourth-order valence-electron chi connectivity index (χ4n) is 1.69. The van der Waals surface area contributed by atoms with Gasteiger partial charge in [0.05, 0.1) is 7.14 Å². The number of thiocarbonyl (C=S) groups is 1. The molecule has 0 aliphatic carbocycles. The van der Waals surface area contributed by atoms with Crippen molar-refractivity contribution in [2.75, 3.05) is 32.6 Å². The molecule has 0 spiro atoms. The van der Waals surface area contributed by atoms with Gasteiger partial charge in [-0.05, 0) is 44.0 Å². The van der Waals surface area contributed by atoms with Gasteiger partial charge in [0.2, 0.25) is 0 Å². The zero-order chi connectivity index (χ0) is 14.1. The smallest absolute Gasteiger partial charge is 0.166 e. The van der Waals surface area contributed by atoms with E-state index in [4.69, 9.17) is 12.2 Å². The molecule has 1 aromatic carbocycles. The molecule has 106 valence electrons. The maximum absolute atomic E-state index is 11.5. The van der Waals surface area contributed by atoms with E-state index in [1.807, 2.05) is 31.5 Å². The van der Waals surface area contributed by atoms with Gasteiger partial charge in [-0.25, -0.2) is 0 Å². The topological polar surface area (TPSA) is 41.1 Å². The summed E-state index contributed by atoms with van der Waals surface area (Å²) in [6, 6.07) is 10.3. The predicted molar refractivity (Wildman–Crippen MR) is 87.7 cm³/mol. The highest BCUT2D eigenvalue weighted by Gasteiger charge is 2.05. The van der Waals surface area contributed by atoms with E-state index in [1.165, 1.54) is 5.56 Å². The summed E-state index contributed by atoms with van der Waals surface area (Å²) in [7, 11) is -1.89. The summed E-state index contributed by atoms with van der Waals surface area (Å²) in [6.07, 6.45) is 2.62. The van der Waals surface area contributed by atoms with Gasteiger partial charge in [0.25, 0.3) is 0 Å². The van der Waals surface area contributed by atoms with Crippen molar-refractivity contribution >= 4 is 24.5 Å². The molecule has 0 radical (unpaired) electrons. The predicted octanol–water partition coefficient (Wildman–Crippen LogP) is 2.71. The first-order chi connectivity index (χ1) is 8.97. The van der Waals surface area contributed by atoms with Crippen LogP contribution in [0.4, 0.5) is 0 Å². The van der Waals surface area contributed by atoms with Crippen molar-refractivity contribution in [2.45, 2.75) is 12.8 Å². The molecular weight excluding hydrogens is 275 g/mol. The van der Waals surface area contributed by atoms with Crippen LogP contribution in [0.3, 0.4) is 0 Å². The third kappa shape index (κ3) is 8.79. The second-order valence-corrected chi connectivity index (χ2v) is 9.07. The molecule has 0 atom stereocenters. The number of benzene rings is 1. The van der Waals surface area contributed by atoms with Crippen molar-refractivity contribution in [1.82, 2.24) is 10.6 Å². The van der Waals surface area contributed by atoms with Crippen LogP contribution < -0.4 is 10.6 Å². The van der Waals surface area contributed by atoms with Crippen LogP contribution in [-0.2, 0) is 11.0 Å². The summed E-state index contributed by atoms with van der Waals surface area (Å²) in [6.45, 7) is 5.26. The van der Waals surface area contributed by atoms with Crippen molar-refractivity contribution in [1.29, 1.82) is 0 Å². The summed E-state index contributed by atoms with van der Waals surface area (Å²) >= 11 is 5.18. The van der Waals surface area contributed by atoms with Crippen LogP contribution in [0.1, 0.15) is 12.0 Å². The van der Waals surface area contributed by atoms with E-state index in [0.717, 1.165) is 32.1 Å². The Morgan fingerprint density at radius 1 is 1.16 bits per heavy atom. The second kappa shape index (κ2) is 8.34. The molecule has 1 aromatic rings. The third-order valence-corrected chi connectivity index (χ3v) is 4.38. The van der Waals surface area contributed by atoms with Crippen molar-refractivity contribution in [2.24, 2.45) is 0 Å². The van der Waals surface area contributed by atoms with Gasteiger partial charge >= 0.3 is 0 Å². The Hall–Kier alpha value is -0.860. The summed E-state index contributed by atoms with van der Waals surface area (Å²) in [5.74, 6) is 0. The van der Waals surface area contributed by atoms with Crippen LogP contribution in [-0.4, -0.2) is 37.7 Å². The van der Waals surface area contributed by atoms with Crippen molar-refractivity contribution < 1.29 is 4.57 Å². The molecule has 0 aliphatic heterocycles. The molecule has 0 bridgehead atoms. The highest BCUT2D eigenvalue weighted by molar-refractivity contribution is 7.80. The largest absolute Gasteiger partial charge is 0.363 e. The Bertz CT molecular complexity index is 430. The van der Waals surface area contributed by atoms with Gasteiger partial charge in [0.1, 0.15) is 0 Å². The van der Waals surface area contributed by atoms with Crippen LogP contribution in [0.2, 0.25) is 0 Å². The number of rotatable bonds is 7. The Labute approximate surface area is 121 Å². The third-order valence-electron chi connectivity index (χ3n) is 2.70. The molecule has 0 heterocycles. The summed E-state index contributed by atoms with van der Waals surface area (Å²) in [5.41, 5.74) is 1.30. The molecule has 0 aromatic heterocycles. The second-order valence-electron chi connectivity index (χ2n) is 5.07. The molecule has 0 saturated heterocycles. The van der Waals surface area contributed by atoms with Crippen LogP contribution >= 0.6 is 19.4 Å². The zero-order valence-corrected chi connectivity index (χ0v) is 13.4. The Balaban J connectivity index is 2.07. The summed E-state index contributed by atoms with van der Waals surface area (Å²) < 4.78 is 11.5. The lowest BCUT2D eigenvalue weighted by Gasteiger charge is -2.11. The normalized spacial score (nSPS) is 11.1. The Morgan fingerprint density at radius 2 is 1.79 bits per heavy atom. The van der Waals surface area contributed by atoms with Gasteiger partial charge in [-0.15, -0.1) is 0 Å². The van der Waals surface area contributed by atoms with Crippen LogP contribution in [0, 0.1) is 0 Å². The van der Waals surface area contributed by atoms with Crippen molar-refractivity contribution in [3.05, 3.63) is 35.9 Å². The zero-order valence-electron chi connectivity index (χ0n) is 11.7. The molecule has 0 amide bonds. The maximum Gasteiger partial charge on any atom is 0.166 e.